The Balaban J connectivity index is 2.15. The molecule has 3 nitrogen and oxygen atoms in total. The molecule has 1 atom stereocenters. The molecule has 0 saturated carbocycles. The summed E-state index contributed by atoms with van der Waals surface area (Å²) < 4.78 is 0. The Morgan fingerprint density at radius 1 is 1.42 bits per heavy atom. The topological polar surface area (TPSA) is 46.3 Å². The Morgan fingerprint density at radius 2 is 2.11 bits per heavy atom. The van der Waals surface area contributed by atoms with Gasteiger partial charge in [-0.25, -0.2) is 0 Å². The number of nitrogens with two attached hydrogens (primary N) is 1. The highest BCUT2D eigenvalue weighted by Gasteiger charge is 2.36. The lowest BCUT2D eigenvalue weighted by molar-refractivity contribution is -0.128. The number of rotatable bonds is 2. The number of hydrogen-bond donors (Lipinski definition) is 1. The summed E-state index contributed by atoms with van der Waals surface area (Å²) in [5.74, 6) is 0.586. The molecule has 0 bridgehead atoms. The monoisotopic (exact) mass is 280 g/mol. The van der Waals surface area contributed by atoms with Crippen LogP contribution in [0.1, 0.15) is 32.8 Å². The third-order valence-electron chi connectivity index (χ3n) is 3.94. The molecule has 1 aliphatic heterocycles. The number of nitrogen functional groups attached to an aromatic ring is 1. The van der Waals surface area contributed by atoms with Crippen molar-refractivity contribution in [2.75, 3.05) is 12.3 Å². The van der Waals surface area contributed by atoms with E-state index < -0.39 is 0 Å². The molecule has 1 aromatic rings. The Bertz CT molecular complexity index is 473. The molecule has 1 amide bonds. The molecule has 0 radical (unpaired) electrons. The second-order valence-corrected chi connectivity index (χ2v) is 6.76. The van der Waals surface area contributed by atoms with Crippen molar-refractivity contribution in [3.63, 3.8) is 0 Å². The first-order valence-electron chi connectivity index (χ1n) is 6.59. The maximum Gasteiger partial charge on any atom is 0.223 e. The Labute approximate surface area is 119 Å². The van der Waals surface area contributed by atoms with Crippen LogP contribution in [0.15, 0.2) is 18.2 Å². The summed E-state index contributed by atoms with van der Waals surface area (Å²) in [6.45, 7) is 7.83. The lowest BCUT2D eigenvalue weighted by Gasteiger charge is -2.26. The minimum atomic E-state index is 0.149. The molecule has 1 aromatic carbocycles. The number of amides is 1. The molecule has 2 rings (SSSR count). The average Bonchev–Trinajstić information content (AvgIpc) is 2.65. The van der Waals surface area contributed by atoms with Crippen LogP contribution in [0.5, 0.6) is 0 Å². The predicted octanol–water partition coefficient (Wildman–Crippen LogP) is 3.32. The summed E-state index contributed by atoms with van der Waals surface area (Å²) in [6.07, 6.45) is 0.619. The summed E-state index contributed by atoms with van der Waals surface area (Å²) in [5, 5.41) is 0.631. The number of anilines is 1. The average molecular weight is 281 g/mol. The predicted molar refractivity (Wildman–Crippen MR) is 78.8 cm³/mol. The number of carbonyl (C=O) groups is 1. The summed E-state index contributed by atoms with van der Waals surface area (Å²) in [5.41, 5.74) is 7.60. The van der Waals surface area contributed by atoms with E-state index in [1.807, 2.05) is 23.1 Å². The van der Waals surface area contributed by atoms with E-state index in [1.165, 1.54) is 0 Å². The molecule has 1 heterocycles. The van der Waals surface area contributed by atoms with Gasteiger partial charge in [-0.3, -0.25) is 4.79 Å². The number of hydrogen-bond acceptors (Lipinski definition) is 2. The van der Waals surface area contributed by atoms with E-state index in [2.05, 4.69) is 20.8 Å². The summed E-state index contributed by atoms with van der Waals surface area (Å²) in [4.78, 5) is 14.0. The molecule has 2 N–H and O–H groups in total. The van der Waals surface area contributed by atoms with E-state index in [-0.39, 0.29) is 11.3 Å². The van der Waals surface area contributed by atoms with Crippen molar-refractivity contribution in [3.05, 3.63) is 28.8 Å². The van der Waals surface area contributed by atoms with Crippen LogP contribution in [0, 0.1) is 11.3 Å². The minimum absolute atomic E-state index is 0.149. The van der Waals surface area contributed by atoms with Crippen molar-refractivity contribution in [3.8, 4) is 0 Å². The van der Waals surface area contributed by atoms with Gasteiger partial charge >= 0.3 is 0 Å². The van der Waals surface area contributed by atoms with Crippen LogP contribution in [-0.4, -0.2) is 17.4 Å². The first kappa shape index (κ1) is 14.2. The number of nitrogens with zero attached hydrogens (tertiary/aromatic N) is 1. The fourth-order valence-corrected chi connectivity index (χ4v) is 2.68. The van der Waals surface area contributed by atoms with Crippen LogP contribution in [0.4, 0.5) is 5.69 Å². The molecule has 0 spiro atoms. The lowest BCUT2D eigenvalue weighted by Crippen LogP contribution is -2.27. The SMILES string of the molecule is CC(C)(C)C1CC(=O)N(Cc2c(N)cccc2Cl)C1. The molecule has 1 unspecified atom stereocenters. The molecular weight excluding hydrogens is 260 g/mol. The van der Waals surface area contributed by atoms with Gasteiger partial charge in [-0.05, 0) is 23.5 Å². The zero-order valence-electron chi connectivity index (χ0n) is 11.7. The van der Waals surface area contributed by atoms with Crippen molar-refractivity contribution in [2.24, 2.45) is 11.3 Å². The van der Waals surface area contributed by atoms with Crippen molar-refractivity contribution in [2.45, 2.75) is 33.7 Å². The van der Waals surface area contributed by atoms with Crippen LogP contribution in [0.3, 0.4) is 0 Å². The highest BCUT2D eigenvalue weighted by molar-refractivity contribution is 6.31. The third kappa shape index (κ3) is 3.03. The fraction of sp³-hybridized carbons (Fsp3) is 0.533. The molecule has 1 aliphatic rings. The van der Waals surface area contributed by atoms with Crippen LogP contribution >= 0.6 is 11.6 Å². The van der Waals surface area contributed by atoms with Crippen molar-refractivity contribution in [1.82, 2.24) is 4.90 Å². The highest BCUT2D eigenvalue weighted by Crippen LogP contribution is 2.35. The Hall–Kier alpha value is -1.22. The zero-order valence-corrected chi connectivity index (χ0v) is 12.5. The van der Waals surface area contributed by atoms with Gasteiger partial charge in [0, 0.05) is 35.8 Å². The van der Waals surface area contributed by atoms with E-state index >= 15 is 0 Å². The molecule has 104 valence electrons. The van der Waals surface area contributed by atoms with Crippen LogP contribution < -0.4 is 5.73 Å². The van der Waals surface area contributed by atoms with E-state index in [0.29, 0.717) is 29.6 Å². The smallest absolute Gasteiger partial charge is 0.223 e. The second-order valence-electron chi connectivity index (χ2n) is 6.35. The first-order chi connectivity index (χ1) is 8.79. The van der Waals surface area contributed by atoms with E-state index in [9.17, 15) is 4.79 Å². The fourth-order valence-electron chi connectivity index (χ4n) is 2.44. The standard InChI is InChI=1S/C15H21ClN2O/c1-15(2,3)10-7-14(19)18(8-10)9-11-12(16)5-4-6-13(11)17/h4-6,10H,7-9,17H2,1-3H3. The van der Waals surface area contributed by atoms with Crippen molar-refractivity contribution in [1.29, 1.82) is 0 Å². The summed E-state index contributed by atoms with van der Waals surface area (Å²) in [6, 6.07) is 5.46. The summed E-state index contributed by atoms with van der Waals surface area (Å²) >= 11 is 6.16. The Kier molecular flexibility index (Phi) is 3.77. The molecule has 19 heavy (non-hydrogen) atoms. The largest absolute Gasteiger partial charge is 0.398 e. The lowest BCUT2D eigenvalue weighted by atomic mass is 9.80. The molecule has 1 saturated heterocycles. The van der Waals surface area contributed by atoms with Gasteiger partial charge in [0.2, 0.25) is 5.91 Å². The van der Waals surface area contributed by atoms with Crippen LogP contribution in [-0.2, 0) is 11.3 Å². The van der Waals surface area contributed by atoms with E-state index in [4.69, 9.17) is 17.3 Å². The van der Waals surface area contributed by atoms with Gasteiger partial charge in [0.05, 0.1) is 0 Å². The second kappa shape index (κ2) is 5.04. The highest BCUT2D eigenvalue weighted by atomic mass is 35.5. The number of carbonyl (C=O) groups excluding carboxylic acids is 1. The van der Waals surface area contributed by atoms with Gasteiger partial charge in [-0.2, -0.15) is 0 Å². The maximum atomic E-state index is 12.1. The van der Waals surface area contributed by atoms with Gasteiger partial charge in [0.25, 0.3) is 0 Å². The van der Waals surface area contributed by atoms with Gasteiger partial charge in [-0.1, -0.05) is 38.4 Å². The molecule has 4 heteroatoms. The maximum absolute atomic E-state index is 12.1. The van der Waals surface area contributed by atoms with Crippen LogP contribution in [0.2, 0.25) is 5.02 Å². The number of likely N-dealkylation sites (tertiary alicyclic amines) is 1. The van der Waals surface area contributed by atoms with Gasteiger partial charge in [0.15, 0.2) is 0 Å². The van der Waals surface area contributed by atoms with Gasteiger partial charge in [0.1, 0.15) is 0 Å². The quantitative estimate of drug-likeness (QED) is 0.845. The number of benzene rings is 1. The third-order valence-corrected chi connectivity index (χ3v) is 4.30. The zero-order chi connectivity index (χ0) is 14.2. The first-order valence-corrected chi connectivity index (χ1v) is 6.97. The van der Waals surface area contributed by atoms with E-state index in [0.717, 1.165) is 12.1 Å². The van der Waals surface area contributed by atoms with Gasteiger partial charge in [-0.15, -0.1) is 0 Å². The van der Waals surface area contributed by atoms with E-state index in [1.54, 1.807) is 0 Å². The van der Waals surface area contributed by atoms with Crippen molar-refractivity contribution >= 4 is 23.2 Å². The molecule has 0 aromatic heterocycles. The van der Waals surface area contributed by atoms with Crippen LogP contribution in [0.25, 0.3) is 0 Å². The molecule has 1 fully saturated rings. The normalized spacial score (nSPS) is 20.1. The molecule has 0 aliphatic carbocycles. The minimum Gasteiger partial charge on any atom is -0.398 e. The van der Waals surface area contributed by atoms with Crippen molar-refractivity contribution < 1.29 is 4.79 Å². The number of halogens is 1. The summed E-state index contributed by atoms with van der Waals surface area (Å²) in [7, 11) is 0. The molecular formula is C15H21ClN2O. The van der Waals surface area contributed by atoms with Gasteiger partial charge < -0.3 is 10.6 Å². The Morgan fingerprint density at radius 3 is 2.63 bits per heavy atom.